The van der Waals surface area contributed by atoms with Gasteiger partial charge in [-0.2, -0.15) is 5.26 Å². The number of nitrogens with zero attached hydrogens (tertiary/aromatic N) is 3. The smallest absolute Gasteiger partial charge is 0.0643 e. The second kappa shape index (κ2) is 5.60. The van der Waals surface area contributed by atoms with Gasteiger partial charge in [0.05, 0.1) is 29.2 Å². The van der Waals surface area contributed by atoms with Gasteiger partial charge < -0.3 is 4.90 Å². The summed E-state index contributed by atoms with van der Waals surface area (Å²) in [5.41, 5.74) is 1.04. The molecule has 0 saturated carbocycles. The first-order chi connectivity index (χ1) is 8.63. The van der Waals surface area contributed by atoms with E-state index in [4.69, 9.17) is 16.9 Å². The molecule has 0 aromatic heterocycles. The number of anilines is 1. The number of hydrogen-bond acceptors (Lipinski definition) is 3. The Kier molecular flexibility index (Phi) is 4.11. The van der Waals surface area contributed by atoms with Crippen molar-refractivity contribution in [1.29, 1.82) is 5.26 Å². The van der Waals surface area contributed by atoms with Gasteiger partial charge in [0.2, 0.25) is 0 Å². The molecule has 18 heavy (non-hydrogen) atoms. The van der Waals surface area contributed by atoms with Crippen molar-refractivity contribution in [2.24, 2.45) is 0 Å². The lowest BCUT2D eigenvalue weighted by Crippen LogP contribution is -2.56. The molecule has 1 aromatic carbocycles. The molecule has 0 aliphatic carbocycles. The molecule has 1 saturated heterocycles. The lowest BCUT2D eigenvalue weighted by molar-refractivity contribution is 0.201. The highest BCUT2D eigenvalue weighted by atomic mass is 35.5. The van der Waals surface area contributed by atoms with Crippen molar-refractivity contribution < 1.29 is 0 Å². The fourth-order valence-electron chi connectivity index (χ4n) is 2.44. The average Bonchev–Trinajstić information content (AvgIpc) is 2.35. The quantitative estimate of drug-likeness (QED) is 0.822. The van der Waals surface area contributed by atoms with Gasteiger partial charge in [-0.05, 0) is 26.1 Å². The van der Waals surface area contributed by atoms with Gasteiger partial charge in [-0.3, -0.25) is 4.90 Å². The molecule has 1 aromatic rings. The van der Waals surface area contributed by atoms with Crippen LogP contribution in [0.3, 0.4) is 0 Å². The van der Waals surface area contributed by atoms with E-state index in [0.717, 1.165) is 23.8 Å². The predicted molar refractivity (Wildman–Crippen MR) is 74.9 cm³/mol. The van der Waals surface area contributed by atoms with Crippen LogP contribution in [0.15, 0.2) is 24.3 Å². The van der Waals surface area contributed by atoms with Crippen LogP contribution in [0, 0.1) is 11.3 Å². The topological polar surface area (TPSA) is 30.3 Å². The van der Waals surface area contributed by atoms with Crippen molar-refractivity contribution in [2.75, 3.05) is 25.0 Å². The summed E-state index contributed by atoms with van der Waals surface area (Å²) >= 11 is 6.27. The summed E-state index contributed by atoms with van der Waals surface area (Å²) in [6, 6.07) is 10.8. The highest BCUT2D eigenvalue weighted by Crippen LogP contribution is 2.30. The Morgan fingerprint density at radius 3 is 2.78 bits per heavy atom. The van der Waals surface area contributed by atoms with Gasteiger partial charge in [0.25, 0.3) is 0 Å². The summed E-state index contributed by atoms with van der Waals surface area (Å²) in [5, 5.41) is 9.74. The number of benzene rings is 1. The van der Waals surface area contributed by atoms with Crippen LogP contribution in [0.2, 0.25) is 5.02 Å². The van der Waals surface area contributed by atoms with E-state index in [1.54, 1.807) is 0 Å². The van der Waals surface area contributed by atoms with Crippen LogP contribution in [-0.2, 0) is 0 Å². The predicted octanol–water partition coefficient (Wildman–Crippen LogP) is 2.76. The van der Waals surface area contributed by atoms with E-state index in [0.29, 0.717) is 12.5 Å². The monoisotopic (exact) mass is 263 g/mol. The molecule has 2 atom stereocenters. The number of para-hydroxylation sites is 1. The molecule has 0 amide bonds. The number of hydrogen-bond donors (Lipinski definition) is 0. The summed E-state index contributed by atoms with van der Waals surface area (Å²) < 4.78 is 0. The van der Waals surface area contributed by atoms with E-state index in [9.17, 15) is 0 Å². The summed E-state index contributed by atoms with van der Waals surface area (Å²) in [5.74, 6) is 0. The van der Waals surface area contributed by atoms with Crippen LogP contribution in [0.5, 0.6) is 0 Å². The zero-order chi connectivity index (χ0) is 13.1. The number of piperazine rings is 1. The first kappa shape index (κ1) is 13.2. The molecule has 2 unspecified atom stereocenters. The highest BCUT2D eigenvalue weighted by molar-refractivity contribution is 6.33. The Hall–Kier alpha value is -1.24. The molecule has 0 bridgehead atoms. The van der Waals surface area contributed by atoms with E-state index in [1.165, 1.54) is 0 Å². The normalized spacial score (nSPS) is 24.9. The van der Waals surface area contributed by atoms with Crippen LogP contribution in [-0.4, -0.2) is 37.1 Å². The molecule has 96 valence electrons. The van der Waals surface area contributed by atoms with E-state index in [1.807, 2.05) is 24.3 Å². The van der Waals surface area contributed by atoms with Gasteiger partial charge in [-0.25, -0.2) is 0 Å². The molecule has 1 heterocycles. The molecule has 1 aliphatic rings. The molecule has 4 heteroatoms. The second-order valence-electron chi connectivity index (χ2n) is 4.91. The van der Waals surface area contributed by atoms with Crippen molar-refractivity contribution in [3.63, 3.8) is 0 Å². The SMILES string of the molecule is CC1CN(c2ccccc2Cl)C(CC#N)CN1C. The van der Waals surface area contributed by atoms with E-state index in [2.05, 4.69) is 29.8 Å². The standard InChI is InChI=1S/C14H18ClN3/c1-11-9-18(12(7-8-16)10-17(11)2)14-6-4-3-5-13(14)15/h3-6,11-12H,7,9-10H2,1-2H3. The Bertz CT molecular complexity index is 455. The van der Waals surface area contributed by atoms with Gasteiger partial charge in [-0.1, -0.05) is 23.7 Å². The van der Waals surface area contributed by atoms with Crippen molar-refractivity contribution in [2.45, 2.75) is 25.4 Å². The van der Waals surface area contributed by atoms with Gasteiger partial charge >= 0.3 is 0 Å². The minimum Gasteiger partial charge on any atom is -0.363 e. The van der Waals surface area contributed by atoms with Crippen molar-refractivity contribution in [1.82, 2.24) is 4.90 Å². The highest BCUT2D eigenvalue weighted by Gasteiger charge is 2.30. The number of rotatable bonds is 2. The summed E-state index contributed by atoms with van der Waals surface area (Å²) in [6.07, 6.45) is 0.530. The third-order valence-electron chi connectivity index (χ3n) is 3.64. The summed E-state index contributed by atoms with van der Waals surface area (Å²) in [4.78, 5) is 4.57. The van der Waals surface area contributed by atoms with Gasteiger partial charge in [0.1, 0.15) is 0 Å². The zero-order valence-electron chi connectivity index (χ0n) is 10.8. The minimum atomic E-state index is 0.219. The van der Waals surface area contributed by atoms with Gasteiger partial charge in [-0.15, -0.1) is 0 Å². The zero-order valence-corrected chi connectivity index (χ0v) is 11.6. The molecule has 1 fully saturated rings. The minimum absolute atomic E-state index is 0.219. The third-order valence-corrected chi connectivity index (χ3v) is 3.96. The lowest BCUT2D eigenvalue weighted by atomic mass is 10.0. The molecule has 0 radical (unpaired) electrons. The Balaban J connectivity index is 2.28. The average molecular weight is 264 g/mol. The molecule has 0 N–H and O–H groups in total. The second-order valence-corrected chi connectivity index (χ2v) is 5.32. The van der Waals surface area contributed by atoms with Crippen LogP contribution >= 0.6 is 11.6 Å². The van der Waals surface area contributed by atoms with Gasteiger partial charge in [0, 0.05) is 19.1 Å². The van der Waals surface area contributed by atoms with Crippen LogP contribution < -0.4 is 4.90 Å². The Labute approximate surface area is 114 Å². The maximum Gasteiger partial charge on any atom is 0.0643 e. The fourth-order valence-corrected chi connectivity index (χ4v) is 2.69. The van der Waals surface area contributed by atoms with Crippen molar-refractivity contribution >= 4 is 17.3 Å². The lowest BCUT2D eigenvalue weighted by Gasteiger charge is -2.44. The van der Waals surface area contributed by atoms with E-state index < -0.39 is 0 Å². The molecule has 1 aliphatic heterocycles. The maximum atomic E-state index is 8.98. The van der Waals surface area contributed by atoms with Gasteiger partial charge in [0.15, 0.2) is 0 Å². The molecular formula is C14H18ClN3. The van der Waals surface area contributed by atoms with Crippen LogP contribution in [0.1, 0.15) is 13.3 Å². The molecule has 3 nitrogen and oxygen atoms in total. The first-order valence-corrected chi connectivity index (χ1v) is 6.59. The maximum absolute atomic E-state index is 8.98. The first-order valence-electron chi connectivity index (χ1n) is 6.22. The van der Waals surface area contributed by atoms with Crippen molar-refractivity contribution in [3.8, 4) is 6.07 Å². The number of halogens is 1. The largest absolute Gasteiger partial charge is 0.363 e. The van der Waals surface area contributed by atoms with Crippen LogP contribution in [0.4, 0.5) is 5.69 Å². The van der Waals surface area contributed by atoms with Crippen molar-refractivity contribution in [3.05, 3.63) is 29.3 Å². The number of nitriles is 1. The van der Waals surface area contributed by atoms with E-state index in [-0.39, 0.29) is 6.04 Å². The number of likely N-dealkylation sites (N-methyl/N-ethyl adjacent to an activating group) is 1. The molecule has 0 spiro atoms. The Morgan fingerprint density at radius 1 is 1.39 bits per heavy atom. The fraction of sp³-hybridized carbons (Fsp3) is 0.500. The molecular weight excluding hydrogens is 246 g/mol. The molecule has 2 rings (SSSR count). The summed E-state index contributed by atoms with van der Waals surface area (Å²) in [6.45, 7) is 4.01. The summed E-state index contributed by atoms with van der Waals surface area (Å²) in [7, 11) is 2.11. The van der Waals surface area contributed by atoms with E-state index >= 15 is 0 Å². The Morgan fingerprint density at radius 2 is 2.11 bits per heavy atom. The van der Waals surface area contributed by atoms with Crippen LogP contribution in [0.25, 0.3) is 0 Å². The third kappa shape index (κ3) is 2.60.